The van der Waals surface area contributed by atoms with Crippen molar-refractivity contribution in [2.45, 2.75) is 33.1 Å². The minimum atomic E-state index is 0.382. The number of hydrogen-bond acceptors (Lipinski definition) is 4. The predicted molar refractivity (Wildman–Crippen MR) is 152 cm³/mol. The van der Waals surface area contributed by atoms with Gasteiger partial charge >= 0.3 is 0 Å². The topological polar surface area (TPSA) is 64.2 Å². The highest BCUT2D eigenvalue weighted by Gasteiger charge is 2.01. The Morgan fingerprint density at radius 3 is 2.53 bits per heavy atom. The van der Waals surface area contributed by atoms with Crippen molar-refractivity contribution in [3.8, 4) is 5.75 Å². The van der Waals surface area contributed by atoms with Crippen molar-refractivity contribution in [2.75, 3.05) is 14.2 Å². The summed E-state index contributed by atoms with van der Waals surface area (Å²) in [5.41, 5.74) is 2.84. The number of carbonyl (C=O) groups is 1. The summed E-state index contributed by atoms with van der Waals surface area (Å²) in [6.45, 7) is 7.71. The van der Waals surface area contributed by atoms with E-state index in [-0.39, 0.29) is 0 Å². The minimum Gasteiger partial charge on any atom is -0.501 e. The molecule has 0 unspecified atom stereocenters. The Labute approximate surface area is 216 Å². The maximum Gasteiger partial charge on any atom is 0.130 e. The zero-order valence-electron chi connectivity index (χ0n) is 21.8. The lowest BCUT2D eigenvalue weighted by Crippen LogP contribution is -1.86. The van der Waals surface area contributed by atoms with Gasteiger partial charge in [-0.25, -0.2) is 4.98 Å². The summed E-state index contributed by atoms with van der Waals surface area (Å²) in [4.78, 5) is 18.0. The van der Waals surface area contributed by atoms with Crippen LogP contribution in [-0.4, -0.2) is 30.5 Å². The minimum absolute atomic E-state index is 0.382. The molecule has 5 nitrogen and oxygen atoms in total. The van der Waals surface area contributed by atoms with Crippen LogP contribution in [0.25, 0.3) is 17.7 Å². The van der Waals surface area contributed by atoms with Crippen LogP contribution in [-0.2, 0) is 9.53 Å². The Morgan fingerprint density at radius 1 is 1.08 bits per heavy atom. The first-order chi connectivity index (χ1) is 17.7. The fraction of sp³-hybridized carbons (Fsp3) is 0.226. The summed E-state index contributed by atoms with van der Waals surface area (Å²) in [5.74, 6) is 2.63. The Morgan fingerprint density at radius 2 is 1.86 bits per heavy atom. The van der Waals surface area contributed by atoms with Crippen LogP contribution in [0.1, 0.15) is 50.2 Å². The van der Waals surface area contributed by atoms with Crippen molar-refractivity contribution in [3.05, 3.63) is 115 Å². The molecule has 0 atom stereocenters. The molecule has 1 heterocycles. The number of imidazole rings is 1. The molecule has 36 heavy (non-hydrogen) atoms. The number of carbonyl (C=O) groups excluding carboxylic acids is 1. The SMILES string of the molecule is C=C/C=C(\C=C/CC=O)c1cnc(/C=C/c2ccc(OC)cc2)[nH]1.CC.CO/C1=C/C=C\C=C/CC1. The van der Waals surface area contributed by atoms with Crippen LogP contribution < -0.4 is 4.74 Å². The molecule has 2 aromatic rings. The van der Waals surface area contributed by atoms with Gasteiger partial charge < -0.3 is 19.3 Å². The van der Waals surface area contributed by atoms with Crippen molar-refractivity contribution in [1.82, 2.24) is 9.97 Å². The lowest BCUT2D eigenvalue weighted by atomic mass is 10.1. The van der Waals surface area contributed by atoms with Crippen molar-refractivity contribution < 1.29 is 14.3 Å². The summed E-state index contributed by atoms with van der Waals surface area (Å²) in [6.07, 6.45) is 26.4. The summed E-state index contributed by atoms with van der Waals surface area (Å²) in [6, 6.07) is 7.78. The van der Waals surface area contributed by atoms with Gasteiger partial charge in [-0.2, -0.15) is 0 Å². The van der Waals surface area contributed by atoms with Crippen LogP contribution in [0.2, 0.25) is 0 Å². The van der Waals surface area contributed by atoms with E-state index in [1.165, 1.54) is 0 Å². The third kappa shape index (κ3) is 11.8. The second-order valence-corrected chi connectivity index (χ2v) is 7.14. The first kappa shape index (κ1) is 29.9. The van der Waals surface area contributed by atoms with E-state index in [1.54, 1.807) is 32.6 Å². The van der Waals surface area contributed by atoms with Gasteiger partial charge in [-0.15, -0.1) is 0 Å². The van der Waals surface area contributed by atoms with E-state index in [4.69, 9.17) is 9.47 Å². The zero-order valence-corrected chi connectivity index (χ0v) is 21.8. The molecule has 0 fully saturated rings. The van der Waals surface area contributed by atoms with Crippen molar-refractivity contribution in [3.63, 3.8) is 0 Å². The number of aldehydes is 1. The van der Waals surface area contributed by atoms with Gasteiger partial charge in [0.15, 0.2) is 0 Å². The van der Waals surface area contributed by atoms with E-state index < -0.39 is 0 Å². The number of rotatable bonds is 9. The molecule has 5 heteroatoms. The molecule has 0 amide bonds. The van der Waals surface area contributed by atoms with Crippen LogP contribution in [0.15, 0.2) is 97.5 Å². The molecule has 0 saturated heterocycles. The van der Waals surface area contributed by atoms with E-state index in [9.17, 15) is 4.79 Å². The Hall–Kier alpha value is -4.12. The number of ether oxygens (including phenoxy) is 2. The zero-order chi connectivity index (χ0) is 26.4. The Bertz CT molecular complexity index is 1080. The molecule has 1 aromatic heterocycles. The molecule has 0 aliphatic heterocycles. The van der Waals surface area contributed by atoms with E-state index in [0.717, 1.165) is 53.3 Å². The lowest BCUT2D eigenvalue weighted by Gasteiger charge is -2.03. The summed E-state index contributed by atoms with van der Waals surface area (Å²) in [5, 5.41) is 0. The summed E-state index contributed by atoms with van der Waals surface area (Å²) < 4.78 is 10.2. The fourth-order valence-corrected chi connectivity index (χ4v) is 2.95. The van der Waals surface area contributed by atoms with Gasteiger partial charge in [0, 0.05) is 12.8 Å². The van der Waals surface area contributed by atoms with Crippen molar-refractivity contribution in [2.24, 2.45) is 0 Å². The normalized spacial score (nSPS) is 16.2. The van der Waals surface area contributed by atoms with E-state index >= 15 is 0 Å². The quantitative estimate of drug-likeness (QED) is 0.291. The molecule has 190 valence electrons. The fourth-order valence-electron chi connectivity index (χ4n) is 2.95. The number of aromatic amines is 1. The van der Waals surface area contributed by atoms with Gasteiger partial charge in [0.25, 0.3) is 0 Å². The highest BCUT2D eigenvalue weighted by molar-refractivity contribution is 5.75. The van der Waals surface area contributed by atoms with Crippen molar-refractivity contribution in [1.29, 1.82) is 0 Å². The Balaban J connectivity index is 0.000000450. The molecule has 0 saturated carbocycles. The Kier molecular flexibility index (Phi) is 16.0. The van der Waals surface area contributed by atoms with Gasteiger partial charge in [0.05, 0.1) is 31.9 Å². The smallest absolute Gasteiger partial charge is 0.130 e. The van der Waals surface area contributed by atoms with E-state index in [2.05, 4.69) is 28.7 Å². The third-order valence-corrected chi connectivity index (χ3v) is 4.74. The standard InChI is InChI=1S/C20H20N2O2.C9H12O.C2H6/c1-3-6-17(7-4-5-14-23)19-15-21-20(22-19)13-10-16-8-11-18(24-2)12-9-16;1-10-9-7-5-3-2-4-6-8-9;1-2/h3-4,6-15H,1,5H2,2H3,(H,21,22);2-5,7H,6,8H2,1H3;1-2H3/b7-4-,13-10+,17-6+;4-2-,5-3-,9-7+;. The second-order valence-electron chi connectivity index (χ2n) is 7.14. The molecule has 0 spiro atoms. The number of nitrogens with zero attached hydrogens (tertiary/aromatic N) is 1. The molecule has 0 bridgehead atoms. The first-order valence-electron chi connectivity index (χ1n) is 12.1. The van der Waals surface area contributed by atoms with Crippen LogP contribution in [0.3, 0.4) is 0 Å². The van der Waals surface area contributed by atoms with Crippen LogP contribution in [0.4, 0.5) is 0 Å². The van der Waals surface area contributed by atoms with E-state index in [0.29, 0.717) is 6.42 Å². The number of methoxy groups -OCH3 is 2. The van der Waals surface area contributed by atoms with Crippen LogP contribution in [0.5, 0.6) is 5.75 Å². The van der Waals surface area contributed by atoms with Gasteiger partial charge in [0.2, 0.25) is 0 Å². The number of aromatic nitrogens is 2. The average molecular weight is 487 g/mol. The van der Waals surface area contributed by atoms with Crippen molar-refractivity contribution >= 4 is 24.0 Å². The third-order valence-electron chi connectivity index (χ3n) is 4.74. The maximum absolute atomic E-state index is 10.4. The molecule has 3 rings (SSSR count). The maximum atomic E-state index is 10.4. The summed E-state index contributed by atoms with van der Waals surface area (Å²) >= 11 is 0. The highest BCUT2D eigenvalue weighted by Crippen LogP contribution is 2.17. The van der Waals surface area contributed by atoms with Gasteiger partial charge in [-0.3, -0.25) is 0 Å². The molecule has 1 aliphatic rings. The number of H-pyrrole nitrogens is 1. The monoisotopic (exact) mass is 486 g/mol. The van der Waals surface area contributed by atoms with E-state index in [1.807, 2.05) is 80.6 Å². The summed E-state index contributed by atoms with van der Waals surface area (Å²) in [7, 11) is 3.36. The number of benzene rings is 1. The first-order valence-corrected chi connectivity index (χ1v) is 12.1. The molecular formula is C31H38N2O3. The second kappa shape index (κ2) is 19.2. The molecule has 1 N–H and O–H groups in total. The number of nitrogens with one attached hydrogen (secondary N) is 1. The largest absolute Gasteiger partial charge is 0.501 e. The predicted octanol–water partition coefficient (Wildman–Crippen LogP) is 7.75. The molecule has 1 aromatic carbocycles. The average Bonchev–Trinajstić information content (AvgIpc) is 3.38. The van der Waals surface area contributed by atoms with Crippen LogP contribution >= 0.6 is 0 Å². The van der Waals surface area contributed by atoms with Gasteiger partial charge in [-0.05, 0) is 41.8 Å². The molecular weight excluding hydrogens is 448 g/mol. The molecule has 1 aliphatic carbocycles. The van der Waals surface area contributed by atoms with Crippen LogP contribution in [0, 0.1) is 0 Å². The molecule has 0 radical (unpaired) electrons. The number of hydrogen-bond donors (Lipinski definition) is 1. The van der Waals surface area contributed by atoms with Gasteiger partial charge in [-0.1, -0.05) is 87.2 Å². The lowest BCUT2D eigenvalue weighted by molar-refractivity contribution is -0.107. The number of allylic oxidation sites excluding steroid dienone is 11. The van der Waals surface area contributed by atoms with Gasteiger partial charge in [0.1, 0.15) is 17.9 Å². The highest BCUT2D eigenvalue weighted by atomic mass is 16.5.